The molecule has 1 aromatic heterocycles. The Hall–Kier alpha value is -4.05. The minimum atomic E-state index is -1.68. The van der Waals surface area contributed by atoms with Crippen LogP contribution in [0.4, 0.5) is 20.2 Å². The lowest BCUT2D eigenvalue weighted by Gasteiger charge is -2.28. The molecule has 2 aliphatic rings. The number of nitrogens with zero attached hydrogens (tertiary/aromatic N) is 2. The quantitative estimate of drug-likeness (QED) is 0.312. The summed E-state index contributed by atoms with van der Waals surface area (Å²) in [6.45, 7) is 0. The highest BCUT2D eigenvalue weighted by molar-refractivity contribution is 7.98. The van der Waals surface area contributed by atoms with Crippen LogP contribution in [-0.4, -0.2) is 16.0 Å². The molecule has 3 aromatic carbocycles. The van der Waals surface area contributed by atoms with Gasteiger partial charge in [-0.15, -0.1) is 0 Å². The van der Waals surface area contributed by atoms with Gasteiger partial charge in [0.15, 0.2) is 0 Å². The average molecular weight is 476 g/mol. The fraction of sp³-hybridized carbons (Fsp3) is 0.0833. The molecule has 0 radical (unpaired) electrons. The number of thioether (sulfide) groups is 1. The van der Waals surface area contributed by atoms with Crippen LogP contribution in [-0.2, 0) is 16.2 Å². The summed E-state index contributed by atoms with van der Waals surface area (Å²) in [4.78, 5) is 29.5. The largest absolute Gasteiger partial charge is 0.374 e. The fourth-order valence-electron chi connectivity index (χ4n) is 4.36. The van der Waals surface area contributed by atoms with Crippen molar-refractivity contribution in [1.82, 2.24) is 10.1 Å². The molecule has 0 bridgehead atoms. The number of amides is 1. The number of halogens is 2. The lowest BCUT2D eigenvalue weighted by Crippen LogP contribution is -2.71. The maximum Gasteiger partial charge on any atom is 0.374 e. The molecule has 7 nitrogen and oxygen atoms in total. The molecule has 1 spiro atoms. The molecule has 34 heavy (non-hydrogen) atoms. The smallest absolute Gasteiger partial charge is 0.317 e. The van der Waals surface area contributed by atoms with E-state index in [0.29, 0.717) is 28.1 Å². The van der Waals surface area contributed by atoms with E-state index in [9.17, 15) is 18.4 Å². The van der Waals surface area contributed by atoms with Gasteiger partial charge in [-0.3, -0.25) is 14.6 Å². The van der Waals surface area contributed by atoms with Gasteiger partial charge < -0.3 is 10.6 Å². The highest BCUT2D eigenvalue weighted by atomic mass is 32.2. The standard InChI is InChI=1S/C24H15F2N5O2S/c25-14-9-10-19-16(11-14)24(22(33)27-19)29-18-8-4-2-6-15(18)20-21(32)28-23(30-31(20)24)34-12-13-5-1-3-7-17(13)26/h1-11H,12H2,(H2,27,28,30,32,33)/p+1/t24-/m0/s1. The summed E-state index contributed by atoms with van der Waals surface area (Å²) in [6, 6.07) is 17.3. The van der Waals surface area contributed by atoms with Gasteiger partial charge in [-0.1, -0.05) is 42.1 Å². The van der Waals surface area contributed by atoms with E-state index in [1.165, 1.54) is 28.9 Å². The van der Waals surface area contributed by atoms with E-state index in [0.717, 1.165) is 11.8 Å². The first-order valence-corrected chi connectivity index (χ1v) is 11.4. The van der Waals surface area contributed by atoms with Crippen LogP contribution in [0.3, 0.4) is 0 Å². The van der Waals surface area contributed by atoms with Gasteiger partial charge in [0.1, 0.15) is 11.6 Å². The molecule has 0 unspecified atom stereocenters. The van der Waals surface area contributed by atoms with Crippen LogP contribution in [0.15, 0.2) is 76.7 Å². The van der Waals surface area contributed by atoms with Crippen molar-refractivity contribution in [3.63, 3.8) is 0 Å². The average Bonchev–Trinajstić information content (AvgIpc) is 3.10. The van der Waals surface area contributed by atoms with E-state index in [-0.39, 0.29) is 22.4 Å². The number of benzene rings is 3. The molecule has 0 saturated heterocycles. The number of carbonyl (C=O) groups is 1. The molecule has 3 heterocycles. The summed E-state index contributed by atoms with van der Waals surface area (Å²) in [5.74, 6) is -1.19. The molecule has 1 amide bonds. The van der Waals surface area contributed by atoms with Crippen LogP contribution >= 0.6 is 11.8 Å². The van der Waals surface area contributed by atoms with E-state index >= 15 is 0 Å². The number of rotatable bonds is 3. The third kappa shape index (κ3) is 2.95. The number of hydrogen-bond donors (Lipinski definition) is 3. The van der Waals surface area contributed by atoms with E-state index in [4.69, 9.17) is 0 Å². The van der Waals surface area contributed by atoms with Crippen molar-refractivity contribution in [1.29, 1.82) is 0 Å². The molecule has 0 fully saturated rings. The summed E-state index contributed by atoms with van der Waals surface area (Å²) < 4.78 is 29.7. The van der Waals surface area contributed by atoms with Gasteiger partial charge in [0, 0.05) is 10.9 Å². The third-order valence-electron chi connectivity index (χ3n) is 5.92. The Bertz CT molecular complexity index is 1560. The van der Waals surface area contributed by atoms with E-state index in [2.05, 4.69) is 20.7 Å². The van der Waals surface area contributed by atoms with E-state index in [1.807, 2.05) is 0 Å². The van der Waals surface area contributed by atoms with Gasteiger partial charge in [0.2, 0.25) is 5.16 Å². The zero-order valence-electron chi connectivity index (χ0n) is 17.4. The fourth-order valence-corrected chi connectivity index (χ4v) is 5.20. The molecule has 4 aromatic rings. The number of fused-ring (bicyclic) bond motifs is 6. The van der Waals surface area contributed by atoms with Crippen LogP contribution in [0.1, 0.15) is 11.1 Å². The van der Waals surface area contributed by atoms with Gasteiger partial charge in [0.05, 0.1) is 22.5 Å². The predicted octanol–water partition coefficient (Wildman–Crippen LogP) is 3.37. The molecule has 168 valence electrons. The van der Waals surface area contributed by atoms with Gasteiger partial charge in [-0.25, -0.2) is 8.78 Å². The Labute approximate surface area is 195 Å². The summed E-state index contributed by atoms with van der Waals surface area (Å²) in [6.07, 6.45) is 0. The normalized spacial score (nSPS) is 17.5. The minimum Gasteiger partial charge on any atom is -0.317 e. The number of H-pyrrole nitrogens is 1. The van der Waals surface area contributed by atoms with Crippen molar-refractivity contribution in [2.75, 3.05) is 10.6 Å². The van der Waals surface area contributed by atoms with E-state index < -0.39 is 22.9 Å². The first kappa shape index (κ1) is 20.5. The number of para-hydroxylation sites is 1. The Morgan fingerprint density at radius 2 is 1.76 bits per heavy atom. The van der Waals surface area contributed by atoms with Crippen molar-refractivity contribution >= 4 is 29.0 Å². The number of nitrogens with one attached hydrogen (secondary N) is 3. The van der Waals surface area contributed by atoms with Crippen LogP contribution in [0.5, 0.6) is 0 Å². The molecular formula is C24H16F2N5O2S+. The molecule has 0 aliphatic carbocycles. The van der Waals surface area contributed by atoms with Gasteiger partial charge in [-0.05, 0) is 46.6 Å². The van der Waals surface area contributed by atoms with Crippen molar-refractivity contribution in [3.8, 4) is 11.3 Å². The number of anilines is 2. The Morgan fingerprint density at radius 1 is 0.971 bits per heavy atom. The lowest BCUT2D eigenvalue weighted by molar-refractivity contribution is -0.781. The number of carbonyl (C=O) groups excluding carboxylic acids is 1. The van der Waals surface area contributed by atoms with Crippen LogP contribution in [0.25, 0.3) is 11.3 Å². The zero-order valence-corrected chi connectivity index (χ0v) is 18.2. The molecular weight excluding hydrogens is 460 g/mol. The van der Waals surface area contributed by atoms with Gasteiger partial charge in [-0.2, -0.15) is 0 Å². The second-order valence-electron chi connectivity index (χ2n) is 7.92. The maximum absolute atomic E-state index is 14.3. The molecule has 0 saturated carbocycles. The first-order chi connectivity index (χ1) is 16.5. The first-order valence-electron chi connectivity index (χ1n) is 10.4. The van der Waals surface area contributed by atoms with Gasteiger partial charge in [0.25, 0.3) is 0 Å². The highest BCUT2D eigenvalue weighted by Crippen LogP contribution is 2.41. The predicted molar refractivity (Wildman–Crippen MR) is 122 cm³/mol. The maximum atomic E-state index is 14.3. The molecule has 10 heteroatoms. The minimum absolute atomic E-state index is 0.150. The SMILES string of the molecule is O=C1Nc2ccc(F)cc2[C@@]12Nc1ccccc1-c1c(=O)[nH]c(SCc3ccccc3F)n[n+]12. The summed E-state index contributed by atoms with van der Waals surface area (Å²) >= 11 is 1.12. The topological polar surface area (TPSA) is 90.8 Å². The Morgan fingerprint density at radius 3 is 2.62 bits per heavy atom. The Balaban J connectivity index is 1.56. The second kappa shape index (κ2) is 7.49. The van der Waals surface area contributed by atoms with Crippen molar-refractivity contribution in [2.45, 2.75) is 16.6 Å². The van der Waals surface area contributed by atoms with Crippen LogP contribution in [0, 0.1) is 11.6 Å². The van der Waals surface area contributed by atoms with E-state index in [1.54, 1.807) is 42.5 Å². The molecule has 2 aliphatic heterocycles. The monoisotopic (exact) mass is 476 g/mol. The summed E-state index contributed by atoms with van der Waals surface area (Å²) in [5.41, 5.74) is 0.249. The van der Waals surface area contributed by atoms with Crippen molar-refractivity contribution in [3.05, 3.63) is 99.8 Å². The van der Waals surface area contributed by atoms with Crippen LogP contribution in [0.2, 0.25) is 0 Å². The van der Waals surface area contributed by atoms with Crippen molar-refractivity contribution < 1.29 is 18.3 Å². The van der Waals surface area contributed by atoms with Gasteiger partial charge >= 0.3 is 22.8 Å². The summed E-state index contributed by atoms with van der Waals surface area (Å²) in [7, 11) is 0. The second-order valence-corrected chi connectivity index (χ2v) is 8.89. The van der Waals surface area contributed by atoms with Crippen molar-refractivity contribution in [2.24, 2.45) is 0 Å². The highest BCUT2D eigenvalue weighted by Gasteiger charge is 2.62. The van der Waals surface area contributed by atoms with Crippen LogP contribution < -0.4 is 20.9 Å². The Kier molecular flexibility index (Phi) is 4.53. The molecule has 1 atom stereocenters. The molecule has 3 N–H and O–H groups in total. The third-order valence-corrected chi connectivity index (χ3v) is 6.84. The number of hydrogen-bond acceptors (Lipinski definition) is 5. The lowest BCUT2D eigenvalue weighted by atomic mass is 9.95. The molecule has 6 rings (SSSR count). The number of aromatic nitrogens is 3. The number of aromatic amines is 1. The summed E-state index contributed by atoms with van der Waals surface area (Å²) in [5, 5.41) is 10.7. The zero-order chi connectivity index (χ0) is 23.4.